The van der Waals surface area contributed by atoms with Crippen LogP contribution in [0.25, 0.3) is 27.9 Å². The Morgan fingerprint density at radius 3 is 2.67 bits per heavy atom. The lowest BCUT2D eigenvalue weighted by molar-refractivity contribution is -0.167. The van der Waals surface area contributed by atoms with Gasteiger partial charge >= 0.3 is 5.97 Å². The maximum atomic E-state index is 15.5. The molecule has 7 heterocycles. The Morgan fingerprint density at radius 1 is 1.08 bits per heavy atom. The summed E-state index contributed by atoms with van der Waals surface area (Å²) in [5.41, 5.74) is 11.2. The number of nitrogens with one attached hydrogen (secondary N) is 1. The van der Waals surface area contributed by atoms with Crippen molar-refractivity contribution in [2.75, 3.05) is 40.9 Å². The molecule has 2 aromatic heterocycles. The second-order valence-corrected chi connectivity index (χ2v) is 22.3. The van der Waals surface area contributed by atoms with Crippen molar-refractivity contribution in [2.24, 2.45) is 22.7 Å². The normalized spacial score (nSPS) is 31.0. The number of rotatable bonds is 7. The third-order valence-electron chi connectivity index (χ3n) is 15.2. The number of nitrogens with zero attached hydrogens (tertiary/aromatic N) is 5. The second kappa shape index (κ2) is 16.3. The lowest BCUT2D eigenvalue weighted by Crippen LogP contribution is -2.64. The second-order valence-electron chi connectivity index (χ2n) is 19.6. The molecular formula is C50H60N6O5SSi. The first-order chi connectivity index (χ1) is 30.4. The molecule has 5 aliphatic heterocycles. The van der Waals surface area contributed by atoms with E-state index in [-0.39, 0.29) is 64.7 Å². The lowest BCUT2D eigenvalue weighted by atomic mass is 9.54. The highest BCUT2D eigenvalue weighted by molar-refractivity contribution is 8.03. The van der Waals surface area contributed by atoms with E-state index in [2.05, 4.69) is 109 Å². The fraction of sp³-hybridized carbons (Fsp3) is 0.520. The molecular weight excluding hydrogens is 825 g/mol. The molecule has 2 radical (unpaired) electrons. The van der Waals surface area contributed by atoms with Crippen molar-refractivity contribution in [3.05, 3.63) is 94.7 Å². The largest absolute Gasteiger partial charge is 0.464 e. The van der Waals surface area contributed by atoms with Crippen molar-refractivity contribution in [3.8, 4) is 11.3 Å². The van der Waals surface area contributed by atoms with Crippen molar-refractivity contribution in [3.63, 3.8) is 0 Å². The third kappa shape index (κ3) is 7.03. The molecule has 6 aliphatic rings. The number of cyclic esters (lactones) is 1. The number of pyridine rings is 1. The van der Waals surface area contributed by atoms with Gasteiger partial charge in [-0.2, -0.15) is 0 Å². The molecule has 330 valence electrons. The van der Waals surface area contributed by atoms with Gasteiger partial charge < -0.3 is 18.9 Å². The van der Waals surface area contributed by atoms with Crippen LogP contribution in [-0.2, 0) is 36.8 Å². The van der Waals surface area contributed by atoms with Gasteiger partial charge in [-0.15, -0.1) is 11.8 Å². The average Bonchev–Trinajstić information content (AvgIpc) is 3.54. The zero-order valence-corrected chi connectivity index (χ0v) is 39.4. The van der Waals surface area contributed by atoms with Gasteiger partial charge in [-0.1, -0.05) is 50.2 Å². The molecule has 2 aromatic carbocycles. The van der Waals surface area contributed by atoms with E-state index in [9.17, 15) is 4.79 Å². The predicted octanol–water partition coefficient (Wildman–Crippen LogP) is 7.92. The minimum absolute atomic E-state index is 0.0180. The van der Waals surface area contributed by atoms with Gasteiger partial charge in [-0.3, -0.25) is 29.3 Å². The van der Waals surface area contributed by atoms with Crippen LogP contribution in [0.15, 0.2) is 72.3 Å². The summed E-state index contributed by atoms with van der Waals surface area (Å²) < 4.78 is 14.5. The number of methoxy groups -OCH3 is 1. The summed E-state index contributed by atoms with van der Waals surface area (Å²) in [6.07, 6.45) is 4.86. The van der Waals surface area contributed by atoms with Gasteiger partial charge in [0.1, 0.15) is 11.8 Å². The first-order valence-corrected chi connectivity index (χ1v) is 25.0. The molecule has 11 nitrogen and oxygen atoms in total. The van der Waals surface area contributed by atoms with Crippen LogP contribution in [0.3, 0.4) is 0 Å². The highest BCUT2D eigenvalue weighted by Gasteiger charge is 2.78. The van der Waals surface area contributed by atoms with Crippen LogP contribution >= 0.6 is 11.8 Å². The maximum absolute atomic E-state index is 15.5. The smallest absolute Gasteiger partial charge is 0.324 e. The number of ketones is 1. The maximum Gasteiger partial charge on any atom is 0.324 e. The molecule has 1 saturated carbocycles. The van der Waals surface area contributed by atoms with Gasteiger partial charge in [0, 0.05) is 82.7 Å². The fourth-order valence-corrected chi connectivity index (χ4v) is 15.3. The Hall–Kier alpha value is -4.27. The topological polar surface area (TPSA) is 109 Å². The summed E-state index contributed by atoms with van der Waals surface area (Å²) in [5, 5.41) is 5.09. The van der Waals surface area contributed by atoms with Crippen LogP contribution < -0.4 is 5.43 Å². The van der Waals surface area contributed by atoms with Gasteiger partial charge in [0.25, 0.3) is 0 Å². The highest BCUT2D eigenvalue weighted by Crippen LogP contribution is 2.78. The van der Waals surface area contributed by atoms with E-state index in [1.165, 1.54) is 5.56 Å². The van der Waals surface area contributed by atoms with E-state index in [0.717, 1.165) is 64.2 Å². The quantitative estimate of drug-likeness (QED) is 0.145. The Labute approximate surface area is 378 Å². The zero-order chi connectivity index (χ0) is 43.9. The molecule has 6 bridgehead atoms. The first-order valence-electron chi connectivity index (χ1n) is 22.9. The summed E-state index contributed by atoms with van der Waals surface area (Å²) in [6.45, 7) is 10.8. The molecule has 1 N–H and O–H groups in total. The van der Waals surface area contributed by atoms with Crippen molar-refractivity contribution in [1.82, 2.24) is 29.8 Å². The first kappa shape index (κ1) is 42.7. The number of thioether (sulfide) groups is 1. The summed E-state index contributed by atoms with van der Waals surface area (Å²) in [5.74, 6) is -0.664. The number of likely N-dealkylation sites (tertiary alicyclic amines) is 1. The SMILES string of the molecule is CCn1c(-c2cccnc2[C@H](C)OC)c2c3cc(ccc31)C1=CSC(CC3(C(=O)N4CCC[C@H](N4)C(=O)OCC(C)(C)C2)C2[Si]C2C3C(=O)[C@H]2CCN(C)[C@@H]2c2ccccc2)N1C. The number of benzene rings is 2. The van der Waals surface area contributed by atoms with Gasteiger partial charge in [0.15, 0.2) is 0 Å². The summed E-state index contributed by atoms with van der Waals surface area (Å²) in [4.78, 5) is 54.5. The minimum atomic E-state index is -0.866. The van der Waals surface area contributed by atoms with Gasteiger partial charge in [0.05, 0.1) is 40.6 Å². The summed E-state index contributed by atoms with van der Waals surface area (Å²) >= 11 is 1.77. The van der Waals surface area contributed by atoms with E-state index in [0.29, 0.717) is 41.7 Å². The number of aryl methyl sites for hydroxylation is 1. The molecule has 63 heavy (non-hydrogen) atoms. The van der Waals surface area contributed by atoms with Crippen LogP contribution in [0.5, 0.6) is 0 Å². The molecule has 1 aliphatic carbocycles. The van der Waals surface area contributed by atoms with Crippen molar-refractivity contribution < 1.29 is 23.9 Å². The molecule has 13 heteroatoms. The molecule has 5 unspecified atom stereocenters. The molecule has 3 saturated heterocycles. The number of hydrazine groups is 1. The van der Waals surface area contributed by atoms with E-state index in [1.807, 2.05) is 25.3 Å². The van der Waals surface area contributed by atoms with Crippen molar-refractivity contribution in [2.45, 2.75) is 101 Å². The van der Waals surface area contributed by atoms with Gasteiger partial charge in [-0.25, -0.2) is 5.43 Å². The van der Waals surface area contributed by atoms with E-state index in [4.69, 9.17) is 14.5 Å². The number of amides is 1. The van der Waals surface area contributed by atoms with E-state index >= 15 is 9.59 Å². The van der Waals surface area contributed by atoms with E-state index < -0.39 is 16.9 Å². The van der Waals surface area contributed by atoms with Gasteiger partial charge in [-0.05, 0) is 117 Å². The van der Waals surface area contributed by atoms with Crippen LogP contribution in [0.1, 0.15) is 87.9 Å². The number of fused-ring (bicyclic) bond motifs is 8. The number of esters is 1. The monoisotopic (exact) mass is 884 g/mol. The number of carbonyl (C=O) groups excluding carboxylic acids is 3. The minimum Gasteiger partial charge on any atom is -0.464 e. The van der Waals surface area contributed by atoms with Crippen LogP contribution in [-0.4, -0.2) is 104 Å². The summed E-state index contributed by atoms with van der Waals surface area (Å²) in [7, 11) is 6.58. The molecule has 9 atom stereocenters. The predicted molar refractivity (Wildman–Crippen MR) is 248 cm³/mol. The average molecular weight is 885 g/mol. The Bertz CT molecular complexity index is 2490. The Balaban J connectivity index is 1.07. The molecule has 1 amide bonds. The number of hydrogen-bond acceptors (Lipinski definition) is 10. The molecule has 1 spiro atoms. The fourth-order valence-electron chi connectivity index (χ4n) is 11.9. The molecule has 10 rings (SSSR count). The van der Waals surface area contributed by atoms with Crippen LogP contribution in [0, 0.1) is 22.7 Å². The molecule has 4 aromatic rings. The van der Waals surface area contributed by atoms with Crippen molar-refractivity contribution in [1.29, 1.82) is 0 Å². The highest BCUT2D eigenvalue weighted by atomic mass is 32.2. The number of hydrogen-bond donors (Lipinski definition) is 1. The number of ether oxygens (including phenoxy) is 2. The van der Waals surface area contributed by atoms with Crippen molar-refractivity contribution >= 4 is 55.5 Å². The van der Waals surface area contributed by atoms with Crippen LogP contribution in [0.2, 0.25) is 11.1 Å². The van der Waals surface area contributed by atoms with Crippen LogP contribution in [0.4, 0.5) is 0 Å². The van der Waals surface area contributed by atoms with Gasteiger partial charge in [0.2, 0.25) is 5.91 Å². The summed E-state index contributed by atoms with van der Waals surface area (Å²) in [6, 6.07) is 20.7. The molecule has 4 fully saturated rings. The number of carbonyl (C=O) groups is 3. The Kier molecular flexibility index (Phi) is 11.0. The Morgan fingerprint density at radius 2 is 1.89 bits per heavy atom. The lowest BCUT2D eigenvalue weighted by Gasteiger charge is -2.52. The zero-order valence-electron chi connectivity index (χ0n) is 37.6. The van der Waals surface area contributed by atoms with E-state index in [1.54, 1.807) is 23.9 Å². The standard InChI is InChI=1S/C50H60N6O5SSi/c1-8-55-37-19-18-31-24-34(37)35(43(55)32-16-12-21-51-41(32)29(2)60-7)25-49(3,4)28-61-47(58)36-17-13-22-56(52-36)48(59)50(26-39-54(6)38(31)27-62-39)40(45-46(50)63-45)44(57)33-20-23-53(5)42(33)30-14-10-9-11-15-30/h9-12,14-16,18-19,21,24,27,29,33,36,39-40,42,45-46,52H,8,13,17,20,22-23,25-26,28H2,1-7H3/t29-,33-,36-,39?,40?,42+,45?,46?,50?/m0/s1. The third-order valence-corrected chi connectivity index (χ3v) is 18.3. The number of aromatic nitrogens is 2. The number of Topliss-reactive ketones (excluding diaryl/α,β-unsaturated/α-hetero) is 1.